The van der Waals surface area contributed by atoms with Gasteiger partial charge in [0.2, 0.25) is 5.91 Å². The first-order chi connectivity index (χ1) is 37.0. The summed E-state index contributed by atoms with van der Waals surface area (Å²) in [6.45, 7) is 4.95. The highest BCUT2D eigenvalue weighted by atomic mass is 16.5. The molecule has 0 aromatic carbocycles. The van der Waals surface area contributed by atoms with Crippen molar-refractivity contribution in [3.63, 3.8) is 0 Å². The van der Waals surface area contributed by atoms with E-state index in [0.29, 0.717) is 25.9 Å². The third-order valence-corrected chi connectivity index (χ3v) is 16.3. The zero-order valence-corrected chi connectivity index (χ0v) is 51.1. The summed E-state index contributed by atoms with van der Waals surface area (Å²) in [5.41, 5.74) is 0. The second-order valence-corrected chi connectivity index (χ2v) is 23.9. The third-order valence-electron chi connectivity index (χ3n) is 16.3. The molecule has 446 valence electrons. The average molecular weight is 1060 g/mol. The van der Waals surface area contributed by atoms with Gasteiger partial charge in [-0.2, -0.15) is 0 Å². The molecule has 75 heavy (non-hydrogen) atoms. The van der Waals surface area contributed by atoms with E-state index in [-0.39, 0.29) is 18.5 Å². The maximum absolute atomic E-state index is 12.5. The van der Waals surface area contributed by atoms with Crippen molar-refractivity contribution in [3.8, 4) is 0 Å². The summed E-state index contributed by atoms with van der Waals surface area (Å²) in [7, 11) is 0. The smallest absolute Gasteiger partial charge is 0.305 e. The number of rotatable bonds is 65. The summed E-state index contributed by atoms with van der Waals surface area (Å²) in [6.07, 6.45) is 79.7. The Morgan fingerprint density at radius 1 is 0.360 bits per heavy atom. The van der Waals surface area contributed by atoms with E-state index in [9.17, 15) is 19.8 Å². The Bertz CT molecular complexity index is 1130. The minimum absolute atomic E-state index is 0.00968. The molecule has 0 heterocycles. The van der Waals surface area contributed by atoms with E-state index in [1.807, 2.05) is 0 Å². The Kier molecular flexibility index (Phi) is 63.9. The monoisotopic (exact) mass is 1060 g/mol. The van der Waals surface area contributed by atoms with Gasteiger partial charge in [-0.05, 0) is 44.9 Å². The van der Waals surface area contributed by atoms with Crippen molar-refractivity contribution in [2.45, 2.75) is 405 Å². The lowest BCUT2D eigenvalue weighted by Gasteiger charge is -2.22. The molecule has 0 aromatic rings. The fourth-order valence-corrected chi connectivity index (χ4v) is 11.0. The first kappa shape index (κ1) is 73.6. The van der Waals surface area contributed by atoms with Crippen LogP contribution in [0, 0.1) is 0 Å². The molecule has 0 aliphatic rings. The molecule has 0 radical (unpaired) electrons. The Balaban J connectivity index is 3.33. The van der Waals surface area contributed by atoms with E-state index in [1.165, 1.54) is 315 Å². The summed E-state index contributed by atoms with van der Waals surface area (Å²) in [5.74, 6) is -0.0175. The van der Waals surface area contributed by atoms with Gasteiger partial charge in [0.25, 0.3) is 0 Å². The van der Waals surface area contributed by atoms with Gasteiger partial charge in [0, 0.05) is 12.8 Å². The zero-order chi connectivity index (χ0) is 54.3. The maximum Gasteiger partial charge on any atom is 0.305 e. The fraction of sp³-hybridized carbons (Fsp3) is 0.942. The van der Waals surface area contributed by atoms with Crippen LogP contribution in [-0.4, -0.2) is 47.4 Å². The van der Waals surface area contributed by atoms with Crippen LogP contribution < -0.4 is 5.32 Å². The molecule has 0 fully saturated rings. The van der Waals surface area contributed by atoms with E-state index in [0.717, 1.165) is 44.9 Å². The molecule has 0 bridgehead atoms. The highest BCUT2D eigenvalue weighted by Crippen LogP contribution is 2.19. The number of nitrogens with one attached hydrogen (secondary N) is 1. The van der Waals surface area contributed by atoms with Gasteiger partial charge in [-0.1, -0.05) is 347 Å². The fourth-order valence-electron chi connectivity index (χ4n) is 11.0. The van der Waals surface area contributed by atoms with Crippen molar-refractivity contribution in [3.05, 3.63) is 12.2 Å². The normalized spacial score (nSPS) is 12.5. The molecule has 6 nitrogen and oxygen atoms in total. The molecule has 0 rings (SSSR count). The zero-order valence-electron chi connectivity index (χ0n) is 51.1. The lowest BCUT2D eigenvalue weighted by molar-refractivity contribution is -0.143. The lowest BCUT2D eigenvalue weighted by atomic mass is 10.0. The molecule has 2 atom stereocenters. The molecule has 2 unspecified atom stereocenters. The van der Waals surface area contributed by atoms with Crippen LogP contribution in [0.3, 0.4) is 0 Å². The van der Waals surface area contributed by atoms with Crippen LogP contribution in [0.15, 0.2) is 12.2 Å². The highest BCUT2D eigenvalue weighted by Gasteiger charge is 2.20. The Morgan fingerprint density at radius 2 is 0.640 bits per heavy atom. The predicted molar refractivity (Wildman–Crippen MR) is 329 cm³/mol. The average Bonchev–Trinajstić information content (AvgIpc) is 3.41. The van der Waals surface area contributed by atoms with Crippen molar-refractivity contribution in [1.82, 2.24) is 5.32 Å². The number of carbonyl (C=O) groups is 2. The van der Waals surface area contributed by atoms with Gasteiger partial charge in [-0.3, -0.25) is 9.59 Å². The minimum Gasteiger partial charge on any atom is -0.466 e. The van der Waals surface area contributed by atoms with Crippen LogP contribution in [0.25, 0.3) is 0 Å². The van der Waals surface area contributed by atoms with E-state index in [4.69, 9.17) is 4.74 Å². The van der Waals surface area contributed by atoms with E-state index in [1.54, 1.807) is 0 Å². The summed E-state index contributed by atoms with van der Waals surface area (Å²) in [5, 5.41) is 23.4. The van der Waals surface area contributed by atoms with E-state index < -0.39 is 12.1 Å². The van der Waals surface area contributed by atoms with Gasteiger partial charge in [-0.25, -0.2) is 0 Å². The third kappa shape index (κ3) is 61.7. The quantitative estimate of drug-likeness (QED) is 0.0320. The second-order valence-electron chi connectivity index (χ2n) is 23.9. The van der Waals surface area contributed by atoms with Crippen molar-refractivity contribution in [1.29, 1.82) is 0 Å². The van der Waals surface area contributed by atoms with Crippen LogP contribution in [0.2, 0.25) is 0 Å². The number of allylic oxidation sites excluding steroid dienone is 2. The number of unbranched alkanes of at least 4 members (excludes halogenated alkanes) is 52. The Labute approximate surface area is 469 Å². The molecule has 0 aliphatic carbocycles. The van der Waals surface area contributed by atoms with Crippen molar-refractivity contribution < 1.29 is 24.5 Å². The number of ether oxygens (including phenoxy) is 1. The second kappa shape index (κ2) is 65.1. The van der Waals surface area contributed by atoms with E-state index >= 15 is 0 Å². The number of amides is 1. The van der Waals surface area contributed by atoms with E-state index in [2.05, 4.69) is 31.3 Å². The number of hydrogen-bond donors (Lipinski definition) is 3. The van der Waals surface area contributed by atoms with Crippen LogP contribution in [0.5, 0.6) is 0 Å². The highest BCUT2D eigenvalue weighted by molar-refractivity contribution is 5.76. The summed E-state index contributed by atoms with van der Waals surface area (Å²) in [6, 6.07) is -0.538. The summed E-state index contributed by atoms with van der Waals surface area (Å²) < 4.78 is 5.47. The molecule has 0 aliphatic heterocycles. The first-order valence-electron chi connectivity index (χ1n) is 34.4. The first-order valence-corrected chi connectivity index (χ1v) is 34.4. The number of carbonyl (C=O) groups excluding carboxylic acids is 2. The van der Waals surface area contributed by atoms with Gasteiger partial charge in [-0.15, -0.1) is 0 Å². The standard InChI is InChI=1S/C69H135NO5/c1-3-5-7-9-11-13-15-16-17-32-35-38-42-45-49-53-57-61-67(72)66(65-71)70-68(73)62-58-54-50-46-43-39-36-33-30-28-26-24-22-20-18-19-21-23-25-27-29-31-34-37-40-44-48-52-56-60-64-75-69(74)63-59-55-51-47-41-14-12-10-8-6-4-2/h10,12,66-67,71-72H,3-9,11,13-65H2,1-2H3,(H,70,73)/b12-10-. The predicted octanol–water partition coefficient (Wildman–Crippen LogP) is 22.0. The van der Waals surface area contributed by atoms with Gasteiger partial charge in [0.1, 0.15) is 0 Å². The van der Waals surface area contributed by atoms with Gasteiger partial charge >= 0.3 is 5.97 Å². The van der Waals surface area contributed by atoms with Crippen molar-refractivity contribution >= 4 is 11.9 Å². The molecule has 3 N–H and O–H groups in total. The maximum atomic E-state index is 12.5. The Hall–Kier alpha value is -1.40. The summed E-state index contributed by atoms with van der Waals surface area (Å²) >= 11 is 0. The largest absolute Gasteiger partial charge is 0.466 e. The molecule has 6 heteroatoms. The number of aliphatic hydroxyl groups is 2. The number of aliphatic hydroxyl groups excluding tert-OH is 2. The molecule has 0 saturated carbocycles. The molecule has 0 saturated heterocycles. The minimum atomic E-state index is -0.661. The Morgan fingerprint density at radius 3 is 0.987 bits per heavy atom. The number of esters is 1. The molecular weight excluding hydrogens is 923 g/mol. The number of hydrogen-bond acceptors (Lipinski definition) is 5. The molecule has 0 aromatic heterocycles. The topological polar surface area (TPSA) is 95.9 Å². The lowest BCUT2D eigenvalue weighted by Crippen LogP contribution is -2.45. The van der Waals surface area contributed by atoms with Gasteiger partial charge in [0.05, 0.1) is 25.4 Å². The van der Waals surface area contributed by atoms with Crippen LogP contribution >= 0.6 is 0 Å². The molecule has 0 spiro atoms. The molecular formula is C69H135NO5. The SMILES string of the molecule is CCCC/C=C\CCCCCCCC(=O)OCCCCCCCCCCCCCCCCCCCCCCCCCCCCCCCCC(=O)NC(CO)C(O)CCCCCCCCCCCCCCCCCCC. The van der Waals surface area contributed by atoms with Crippen LogP contribution in [0.1, 0.15) is 393 Å². The van der Waals surface area contributed by atoms with Gasteiger partial charge in [0.15, 0.2) is 0 Å². The molecule has 1 amide bonds. The van der Waals surface area contributed by atoms with Crippen molar-refractivity contribution in [2.75, 3.05) is 13.2 Å². The van der Waals surface area contributed by atoms with Crippen LogP contribution in [0.4, 0.5) is 0 Å². The van der Waals surface area contributed by atoms with Gasteiger partial charge < -0.3 is 20.3 Å². The summed E-state index contributed by atoms with van der Waals surface area (Å²) in [4.78, 5) is 24.5. The van der Waals surface area contributed by atoms with Crippen LogP contribution in [-0.2, 0) is 14.3 Å². The van der Waals surface area contributed by atoms with Crippen molar-refractivity contribution in [2.24, 2.45) is 0 Å².